The summed E-state index contributed by atoms with van der Waals surface area (Å²) in [5.74, 6) is 1.20. The number of rotatable bonds is 10. The lowest BCUT2D eigenvalue weighted by molar-refractivity contribution is -0.0891. The van der Waals surface area contributed by atoms with Crippen LogP contribution in [-0.2, 0) is 9.47 Å². The van der Waals surface area contributed by atoms with Gasteiger partial charge in [-0.05, 0) is 25.7 Å². The smallest absolute Gasteiger partial charge is 0.0707 e. The summed E-state index contributed by atoms with van der Waals surface area (Å²) >= 11 is 0. The molecular formula is C14H30O3. The van der Waals surface area contributed by atoms with Gasteiger partial charge in [-0.3, -0.25) is 0 Å². The SMILES string of the molecule is CCCC(C)C(C)C(C)(C)OCCOCCO. The first-order valence-corrected chi connectivity index (χ1v) is 6.78. The molecule has 0 heterocycles. The predicted octanol–water partition coefficient (Wildman–Crippen LogP) is 2.86. The van der Waals surface area contributed by atoms with Crippen molar-refractivity contribution in [1.82, 2.24) is 0 Å². The fourth-order valence-electron chi connectivity index (χ4n) is 2.05. The molecule has 0 rings (SSSR count). The molecule has 0 aromatic carbocycles. The van der Waals surface area contributed by atoms with Gasteiger partial charge in [-0.2, -0.15) is 0 Å². The molecular weight excluding hydrogens is 216 g/mol. The molecule has 3 nitrogen and oxygen atoms in total. The van der Waals surface area contributed by atoms with E-state index in [1.807, 2.05) is 0 Å². The molecule has 0 aliphatic carbocycles. The summed E-state index contributed by atoms with van der Waals surface area (Å²) in [7, 11) is 0. The Balaban J connectivity index is 3.91. The van der Waals surface area contributed by atoms with E-state index < -0.39 is 0 Å². The molecule has 0 bridgehead atoms. The van der Waals surface area contributed by atoms with Gasteiger partial charge in [0.05, 0.1) is 32.0 Å². The maximum Gasteiger partial charge on any atom is 0.0707 e. The zero-order valence-corrected chi connectivity index (χ0v) is 12.2. The fourth-order valence-corrected chi connectivity index (χ4v) is 2.05. The van der Waals surface area contributed by atoms with E-state index in [0.717, 1.165) is 0 Å². The predicted molar refractivity (Wildman–Crippen MR) is 71.2 cm³/mol. The average molecular weight is 246 g/mol. The van der Waals surface area contributed by atoms with E-state index in [1.165, 1.54) is 12.8 Å². The van der Waals surface area contributed by atoms with Crippen LogP contribution >= 0.6 is 0 Å². The minimum absolute atomic E-state index is 0.0767. The van der Waals surface area contributed by atoms with Crippen LogP contribution in [0.2, 0.25) is 0 Å². The maximum absolute atomic E-state index is 8.58. The third-order valence-electron chi connectivity index (χ3n) is 3.63. The van der Waals surface area contributed by atoms with E-state index in [4.69, 9.17) is 14.6 Å². The van der Waals surface area contributed by atoms with Crippen molar-refractivity contribution >= 4 is 0 Å². The van der Waals surface area contributed by atoms with Crippen molar-refractivity contribution in [3.8, 4) is 0 Å². The van der Waals surface area contributed by atoms with Gasteiger partial charge in [0.2, 0.25) is 0 Å². The molecule has 0 aliphatic heterocycles. The van der Waals surface area contributed by atoms with Crippen molar-refractivity contribution in [2.24, 2.45) is 11.8 Å². The quantitative estimate of drug-likeness (QED) is 0.602. The van der Waals surface area contributed by atoms with E-state index in [-0.39, 0.29) is 12.2 Å². The van der Waals surface area contributed by atoms with Crippen molar-refractivity contribution < 1.29 is 14.6 Å². The Morgan fingerprint density at radius 2 is 1.76 bits per heavy atom. The summed E-state index contributed by atoms with van der Waals surface area (Å²) in [6.07, 6.45) is 2.47. The second kappa shape index (κ2) is 8.90. The Hall–Kier alpha value is -0.120. The maximum atomic E-state index is 8.58. The largest absolute Gasteiger partial charge is 0.394 e. The lowest BCUT2D eigenvalue weighted by Crippen LogP contribution is -2.37. The van der Waals surface area contributed by atoms with Crippen molar-refractivity contribution in [1.29, 1.82) is 0 Å². The zero-order chi connectivity index (χ0) is 13.3. The summed E-state index contributed by atoms with van der Waals surface area (Å²) in [4.78, 5) is 0. The van der Waals surface area contributed by atoms with Crippen LogP contribution in [0.15, 0.2) is 0 Å². The van der Waals surface area contributed by atoms with E-state index in [2.05, 4.69) is 34.6 Å². The van der Waals surface area contributed by atoms with Crippen LogP contribution in [0.25, 0.3) is 0 Å². The number of hydrogen-bond acceptors (Lipinski definition) is 3. The monoisotopic (exact) mass is 246 g/mol. The Bertz CT molecular complexity index is 180. The van der Waals surface area contributed by atoms with Crippen molar-refractivity contribution in [2.45, 2.75) is 53.1 Å². The minimum Gasteiger partial charge on any atom is -0.394 e. The molecule has 0 fully saturated rings. The van der Waals surface area contributed by atoms with Crippen molar-refractivity contribution in [3.05, 3.63) is 0 Å². The molecule has 17 heavy (non-hydrogen) atoms. The molecule has 104 valence electrons. The number of aliphatic hydroxyl groups is 1. The lowest BCUT2D eigenvalue weighted by atomic mass is 9.80. The van der Waals surface area contributed by atoms with Crippen LogP contribution in [0.5, 0.6) is 0 Å². The first-order valence-electron chi connectivity index (χ1n) is 6.78. The normalized spacial score (nSPS) is 15.9. The Morgan fingerprint density at radius 1 is 1.12 bits per heavy atom. The van der Waals surface area contributed by atoms with Crippen LogP contribution in [0, 0.1) is 11.8 Å². The molecule has 0 saturated heterocycles. The lowest BCUT2D eigenvalue weighted by Gasteiger charge is -2.36. The first kappa shape index (κ1) is 16.9. The number of ether oxygens (including phenoxy) is 2. The van der Waals surface area contributed by atoms with Gasteiger partial charge in [-0.1, -0.05) is 33.6 Å². The summed E-state index contributed by atoms with van der Waals surface area (Å²) < 4.78 is 11.1. The van der Waals surface area contributed by atoms with Crippen molar-refractivity contribution in [2.75, 3.05) is 26.4 Å². The first-order chi connectivity index (χ1) is 7.95. The van der Waals surface area contributed by atoms with Crippen LogP contribution in [0.4, 0.5) is 0 Å². The highest BCUT2D eigenvalue weighted by Crippen LogP contribution is 2.30. The Morgan fingerprint density at radius 3 is 2.29 bits per heavy atom. The summed E-state index contributed by atoms with van der Waals surface area (Å²) in [6, 6.07) is 0. The molecule has 2 unspecified atom stereocenters. The summed E-state index contributed by atoms with van der Waals surface area (Å²) in [5, 5.41) is 8.58. The second-order valence-electron chi connectivity index (χ2n) is 5.34. The van der Waals surface area contributed by atoms with Crippen LogP contribution in [0.3, 0.4) is 0 Å². The minimum atomic E-state index is -0.114. The van der Waals surface area contributed by atoms with Gasteiger partial charge in [0.25, 0.3) is 0 Å². The molecule has 0 radical (unpaired) electrons. The van der Waals surface area contributed by atoms with Gasteiger partial charge in [-0.15, -0.1) is 0 Å². The van der Waals surface area contributed by atoms with Gasteiger partial charge in [0.1, 0.15) is 0 Å². The molecule has 1 N–H and O–H groups in total. The topological polar surface area (TPSA) is 38.7 Å². The molecule has 2 atom stereocenters. The van der Waals surface area contributed by atoms with E-state index in [9.17, 15) is 0 Å². The highest BCUT2D eigenvalue weighted by Gasteiger charge is 2.30. The van der Waals surface area contributed by atoms with E-state index in [1.54, 1.807) is 0 Å². The molecule has 0 saturated carbocycles. The van der Waals surface area contributed by atoms with Crippen LogP contribution in [-0.4, -0.2) is 37.1 Å². The molecule has 0 aromatic heterocycles. The highest BCUT2D eigenvalue weighted by atomic mass is 16.5. The average Bonchev–Trinajstić information content (AvgIpc) is 2.28. The Kier molecular flexibility index (Phi) is 8.83. The van der Waals surface area contributed by atoms with Gasteiger partial charge in [-0.25, -0.2) is 0 Å². The third kappa shape index (κ3) is 7.02. The van der Waals surface area contributed by atoms with E-state index in [0.29, 0.717) is 31.7 Å². The van der Waals surface area contributed by atoms with Gasteiger partial charge < -0.3 is 14.6 Å². The molecule has 0 aliphatic rings. The van der Waals surface area contributed by atoms with Gasteiger partial charge in [0.15, 0.2) is 0 Å². The molecule has 0 aromatic rings. The number of aliphatic hydroxyl groups excluding tert-OH is 1. The van der Waals surface area contributed by atoms with E-state index >= 15 is 0 Å². The van der Waals surface area contributed by atoms with Crippen LogP contribution in [0.1, 0.15) is 47.5 Å². The van der Waals surface area contributed by atoms with Crippen LogP contribution < -0.4 is 0 Å². The number of hydrogen-bond donors (Lipinski definition) is 1. The molecule has 0 amide bonds. The molecule has 3 heteroatoms. The van der Waals surface area contributed by atoms with Gasteiger partial charge >= 0.3 is 0 Å². The summed E-state index contributed by atoms with van der Waals surface area (Å²) in [6.45, 7) is 12.7. The summed E-state index contributed by atoms with van der Waals surface area (Å²) in [5.41, 5.74) is -0.114. The third-order valence-corrected chi connectivity index (χ3v) is 3.63. The second-order valence-corrected chi connectivity index (χ2v) is 5.34. The Labute approximate surface area is 107 Å². The van der Waals surface area contributed by atoms with Gasteiger partial charge in [0, 0.05) is 0 Å². The zero-order valence-electron chi connectivity index (χ0n) is 12.2. The molecule has 0 spiro atoms. The standard InChI is InChI=1S/C14H30O3/c1-6-7-12(2)13(3)14(4,5)17-11-10-16-9-8-15/h12-13,15H,6-11H2,1-5H3. The van der Waals surface area contributed by atoms with Crippen molar-refractivity contribution in [3.63, 3.8) is 0 Å². The fraction of sp³-hybridized carbons (Fsp3) is 1.00. The highest BCUT2D eigenvalue weighted by molar-refractivity contribution is 4.80.